The number of anilines is 1. The van der Waals surface area contributed by atoms with Crippen LogP contribution in [0, 0.1) is 5.82 Å². The van der Waals surface area contributed by atoms with Crippen molar-refractivity contribution in [1.29, 1.82) is 0 Å². The molecule has 0 saturated heterocycles. The molecule has 1 aliphatic rings. The summed E-state index contributed by atoms with van der Waals surface area (Å²) >= 11 is 1.57. The van der Waals surface area contributed by atoms with Crippen LogP contribution in [-0.4, -0.2) is 11.8 Å². The lowest BCUT2D eigenvalue weighted by Crippen LogP contribution is -2.37. The molecule has 2 unspecified atom stereocenters. The zero-order chi connectivity index (χ0) is 21.3. The summed E-state index contributed by atoms with van der Waals surface area (Å²) < 4.78 is 13.6. The van der Waals surface area contributed by atoms with E-state index in [0.29, 0.717) is 17.2 Å². The number of carbonyl (C=O) groups is 2. The Labute approximate surface area is 179 Å². The molecule has 0 fully saturated rings. The predicted octanol–water partition coefficient (Wildman–Crippen LogP) is 5.34. The predicted molar refractivity (Wildman–Crippen MR) is 117 cm³/mol. The fourth-order valence-corrected chi connectivity index (χ4v) is 4.56. The van der Waals surface area contributed by atoms with Crippen LogP contribution in [0.3, 0.4) is 0 Å². The minimum absolute atomic E-state index is 0.0356. The van der Waals surface area contributed by atoms with E-state index in [4.69, 9.17) is 0 Å². The number of rotatable bonds is 5. The highest BCUT2D eigenvalue weighted by Crippen LogP contribution is 2.34. The second kappa shape index (κ2) is 8.40. The van der Waals surface area contributed by atoms with Crippen molar-refractivity contribution < 1.29 is 14.0 Å². The maximum atomic E-state index is 13.6. The van der Waals surface area contributed by atoms with Crippen molar-refractivity contribution >= 4 is 28.8 Å². The molecular formula is C24H23FN2O2S. The van der Waals surface area contributed by atoms with Gasteiger partial charge in [0.1, 0.15) is 5.82 Å². The van der Waals surface area contributed by atoms with Gasteiger partial charge in [-0.05, 0) is 46.2 Å². The first-order valence-corrected chi connectivity index (χ1v) is 10.8. The van der Waals surface area contributed by atoms with Gasteiger partial charge in [-0.25, -0.2) is 4.39 Å². The molecular weight excluding hydrogens is 399 g/mol. The lowest BCUT2D eigenvalue weighted by Gasteiger charge is -2.27. The number of benzene rings is 2. The summed E-state index contributed by atoms with van der Waals surface area (Å²) in [5, 5.41) is 7.76. The number of nitrogens with one attached hydrogen (secondary N) is 2. The molecule has 2 N–H and O–H groups in total. The normalized spacial score (nSPS) is 16.7. The van der Waals surface area contributed by atoms with E-state index in [0.717, 1.165) is 10.4 Å². The van der Waals surface area contributed by atoms with E-state index in [-0.39, 0.29) is 24.3 Å². The fraction of sp³-hybridized carbons (Fsp3) is 0.250. The van der Waals surface area contributed by atoms with Crippen LogP contribution < -0.4 is 10.6 Å². The number of fused-ring (bicyclic) bond motifs is 1. The molecule has 4 nitrogen and oxygen atoms in total. The SMILES string of the molecule is CC(C)c1ccc(C(NC(=O)C2CC(=O)Nc3cc(F)ccc32)c2cccs2)cc1. The third-order valence-corrected chi connectivity index (χ3v) is 6.36. The van der Waals surface area contributed by atoms with Crippen LogP contribution in [0.15, 0.2) is 60.0 Å². The molecule has 0 bridgehead atoms. The van der Waals surface area contributed by atoms with Gasteiger partial charge in [-0.3, -0.25) is 9.59 Å². The van der Waals surface area contributed by atoms with Crippen LogP contribution in [0.5, 0.6) is 0 Å². The summed E-state index contributed by atoms with van der Waals surface area (Å²) in [6, 6.07) is 16.0. The van der Waals surface area contributed by atoms with E-state index in [1.165, 1.54) is 17.7 Å². The lowest BCUT2D eigenvalue weighted by molar-refractivity contribution is -0.126. The van der Waals surface area contributed by atoms with Gasteiger partial charge in [0.05, 0.1) is 12.0 Å². The molecule has 0 radical (unpaired) electrons. The van der Waals surface area contributed by atoms with E-state index in [1.54, 1.807) is 17.4 Å². The van der Waals surface area contributed by atoms with E-state index in [2.05, 4.69) is 36.6 Å². The second-order valence-corrected chi connectivity index (χ2v) is 8.79. The average Bonchev–Trinajstić information content (AvgIpc) is 3.25. The Morgan fingerprint density at radius 3 is 2.53 bits per heavy atom. The highest BCUT2D eigenvalue weighted by atomic mass is 32.1. The van der Waals surface area contributed by atoms with Crippen LogP contribution in [0.4, 0.5) is 10.1 Å². The van der Waals surface area contributed by atoms with Crippen molar-refractivity contribution in [2.75, 3.05) is 5.32 Å². The molecule has 2 aromatic carbocycles. The largest absolute Gasteiger partial charge is 0.344 e. The van der Waals surface area contributed by atoms with Gasteiger partial charge >= 0.3 is 0 Å². The van der Waals surface area contributed by atoms with Gasteiger partial charge in [0, 0.05) is 17.0 Å². The molecule has 30 heavy (non-hydrogen) atoms. The van der Waals surface area contributed by atoms with Gasteiger partial charge in [0.2, 0.25) is 11.8 Å². The number of hydrogen-bond acceptors (Lipinski definition) is 3. The summed E-state index contributed by atoms with van der Waals surface area (Å²) in [6.45, 7) is 4.28. The monoisotopic (exact) mass is 422 g/mol. The summed E-state index contributed by atoms with van der Waals surface area (Å²) in [7, 11) is 0. The summed E-state index contributed by atoms with van der Waals surface area (Å²) in [5.41, 5.74) is 3.21. The zero-order valence-electron chi connectivity index (χ0n) is 16.8. The number of amides is 2. The first-order chi connectivity index (χ1) is 14.4. The molecule has 2 atom stereocenters. The van der Waals surface area contributed by atoms with Gasteiger partial charge < -0.3 is 10.6 Å². The standard InChI is InChI=1S/C24H23FN2O2S/c1-14(2)15-5-7-16(8-6-15)23(21-4-3-11-30-21)27-24(29)19-13-22(28)26-20-12-17(25)9-10-18(19)20/h3-12,14,19,23H,13H2,1-2H3,(H,26,28)(H,27,29). The van der Waals surface area contributed by atoms with Crippen LogP contribution in [-0.2, 0) is 9.59 Å². The van der Waals surface area contributed by atoms with E-state index in [1.807, 2.05) is 29.6 Å². The third-order valence-electron chi connectivity index (χ3n) is 5.42. The maximum absolute atomic E-state index is 13.6. The summed E-state index contributed by atoms with van der Waals surface area (Å²) in [5.74, 6) is -1.22. The number of thiophene rings is 1. The highest BCUT2D eigenvalue weighted by molar-refractivity contribution is 7.10. The molecule has 154 valence electrons. The van der Waals surface area contributed by atoms with Gasteiger partial charge in [-0.1, -0.05) is 50.2 Å². The molecule has 6 heteroatoms. The van der Waals surface area contributed by atoms with Crippen molar-refractivity contribution in [3.8, 4) is 0 Å². The Hall–Kier alpha value is -2.99. The Bertz CT molecular complexity index is 1060. The summed E-state index contributed by atoms with van der Waals surface area (Å²) in [6.07, 6.45) is 0.0356. The Kier molecular flexibility index (Phi) is 5.68. The molecule has 2 heterocycles. The Balaban J connectivity index is 1.64. The molecule has 3 aromatic rings. The van der Waals surface area contributed by atoms with Crippen LogP contribution in [0.2, 0.25) is 0 Å². The lowest BCUT2D eigenvalue weighted by atomic mass is 9.89. The minimum atomic E-state index is -0.660. The highest BCUT2D eigenvalue weighted by Gasteiger charge is 2.32. The first kappa shape index (κ1) is 20.3. The first-order valence-electron chi connectivity index (χ1n) is 9.95. The number of halogens is 1. The van der Waals surface area contributed by atoms with Crippen molar-refractivity contribution in [3.05, 3.63) is 87.4 Å². The number of hydrogen-bond donors (Lipinski definition) is 2. The zero-order valence-corrected chi connectivity index (χ0v) is 17.6. The fourth-order valence-electron chi connectivity index (χ4n) is 3.76. The van der Waals surface area contributed by atoms with E-state index in [9.17, 15) is 14.0 Å². The van der Waals surface area contributed by atoms with Crippen molar-refractivity contribution in [2.24, 2.45) is 0 Å². The van der Waals surface area contributed by atoms with Crippen molar-refractivity contribution in [1.82, 2.24) is 5.32 Å². The molecule has 0 aliphatic carbocycles. The third kappa shape index (κ3) is 4.14. The van der Waals surface area contributed by atoms with Crippen LogP contribution in [0.25, 0.3) is 0 Å². The Morgan fingerprint density at radius 2 is 1.87 bits per heavy atom. The van der Waals surface area contributed by atoms with Crippen LogP contribution in [0.1, 0.15) is 59.7 Å². The molecule has 1 aliphatic heterocycles. The topological polar surface area (TPSA) is 58.2 Å². The molecule has 4 rings (SSSR count). The second-order valence-electron chi connectivity index (χ2n) is 7.81. The molecule has 0 saturated carbocycles. The van der Waals surface area contributed by atoms with Gasteiger partial charge in [0.15, 0.2) is 0 Å². The molecule has 2 amide bonds. The quantitative estimate of drug-likeness (QED) is 0.583. The van der Waals surface area contributed by atoms with Gasteiger partial charge in [-0.15, -0.1) is 11.3 Å². The minimum Gasteiger partial charge on any atom is -0.344 e. The molecule has 1 aromatic heterocycles. The van der Waals surface area contributed by atoms with Gasteiger partial charge in [-0.2, -0.15) is 0 Å². The summed E-state index contributed by atoms with van der Waals surface area (Å²) in [4.78, 5) is 26.4. The van der Waals surface area contributed by atoms with E-state index >= 15 is 0 Å². The molecule has 0 spiro atoms. The van der Waals surface area contributed by atoms with E-state index < -0.39 is 11.7 Å². The van der Waals surface area contributed by atoms with Crippen molar-refractivity contribution in [2.45, 2.75) is 38.1 Å². The van der Waals surface area contributed by atoms with Gasteiger partial charge in [0.25, 0.3) is 0 Å². The number of carbonyl (C=O) groups excluding carboxylic acids is 2. The average molecular weight is 423 g/mol. The van der Waals surface area contributed by atoms with Crippen molar-refractivity contribution in [3.63, 3.8) is 0 Å². The smallest absolute Gasteiger partial charge is 0.228 e. The maximum Gasteiger partial charge on any atom is 0.228 e. The van der Waals surface area contributed by atoms with Crippen LogP contribution >= 0.6 is 11.3 Å². The Morgan fingerprint density at radius 1 is 1.13 bits per heavy atom.